The fourth-order valence-electron chi connectivity index (χ4n) is 3.42. The fourth-order valence-corrected chi connectivity index (χ4v) is 3.42. The summed E-state index contributed by atoms with van der Waals surface area (Å²) in [6, 6.07) is 23.4. The highest BCUT2D eigenvalue weighted by Crippen LogP contribution is 2.28. The molecule has 0 heterocycles. The number of benzene rings is 3. The maximum atomic E-state index is 9.34. The van der Waals surface area contributed by atoms with Crippen LogP contribution in [0.5, 0.6) is 11.5 Å². The average molecular weight is 471 g/mol. The Kier molecular flexibility index (Phi) is 9.33. The Morgan fingerprint density at radius 1 is 0.771 bits per heavy atom. The fraction of sp³-hybridized carbons (Fsp3) is 0.226. The van der Waals surface area contributed by atoms with Crippen LogP contribution in [0.15, 0.2) is 91.2 Å². The van der Waals surface area contributed by atoms with Crippen molar-refractivity contribution in [2.45, 2.75) is 39.6 Å². The second kappa shape index (κ2) is 12.6. The zero-order chi connectivity index (χ0) is 25.1. The molecule has 3 aromatic carbocycles. The van der Waals surface area contributed by atoms with Gasteiger partial charge in [0.2, 0.25) is 0 Å². The molecule has 35 heavy (non-hydrogen) atoms. The van der Waals surface area contributed by atoms with E-state index in [0.717, 1.165) is 28.0 Å². The topological polar surface area (TPSA) is 47.9 Å². The average Bonchev–Trinajstić information content (AvgIpc) is 2.84. The van der Waals surface area contributed by atoms with E-state index in [1.807, 2.05) is 92.8 Å². The van der Waals surface area contributed by atoms with Crippen molar-refractivity contribution in [1.29, 1.82) is 0 Å². The number of allylic oxidation sites excluding steroid dienone is 2. The SMILES string of the molecule is CCOC(C)OC=Cc1ccc(C(C)(C)Oc2ccc(C=CC=Cc3ccc(O)cc3)cc2)cc1. The van der Waals surface area contributed by atoms with Crippen LogP contribution in [0.1, 0.15) is 49.9 Å². The molecule has 0 amide bonds. The zero-order valence-electron chi connectivity index (χ0n) is 20.8. The Hall–Kier alpha value is -3.76. The molecule has 0 spiro atoms. The van der Waals surface area contributed by atoms with E-state index in [1.165, 1.54) is 0 Å². The van der Waals surface area contributed by atoms with Crippen LogP contribution < -0.4 is 4.74 Å². The number of ether oxygens (including phenoxy) is 3. The number of phenols is 1. The van der Waals surface area contributed by atoms with E-state index >= 15 is 0 Å². The highest BCUT2D eigenvalue weighted by atomic mass is 16.7. The van der Waals surface area contributed by atoms with Gasteiger partial charge in [0.1, 0.15) is 17.1 Å². The van der Waals surface area contributed by atoms with E-state index in [-0.39, 0.29) is 12.0 Å². The van der Waals surface area contributed by atoms with E-state index in [0.29, 0.717) is 6.61 Å². The van der Waals surface area contributed by atoms with Gasteiger partial charge in [-0.25, -0.2) is 0 Å². The standard InChI is InChI=1S/C31H34O4/c1-5-33-24(2)34-23-22-27-10-16-28(17-11-27)31(3,4)35-30-20-14-26(15-21-30)9-7-6-8-25-12-18-29(32)19-13-25/h6-24,32H,5H2,1-4H3. The molecular weight excluding hydrogens is 436 g/mol. The molecule has 0 aliphatic carbocycles. The molecule has 0 fully saturated rings. The summed E-state index contributed by atoms with van der Waals surface area (Å²) >= 11 is 0. The smallest absolute Gasteiger partial charge is 0.196 e. The zero-order valence-corrected chi connectivity index (χ0v) is 20.8. The van der Waals surface area contributed by atoms with Crippen LogP contribution in [0.3, 0.4) is 0 Å². The van der Waals surface area contributed by atoms with Gasteiger partial charge >= 0.3 is 0 Å². The molecule has 3 rings (SSSR count). The van der Waals surface area contributed by atoms with E-state index in [2.05, 4.69) is 26.0 Å². The molecule has 0 saturated heterocycles. The van der Waals surface area contributed by atoms with Crippen LogP contribution in [-0.2, 0) is 15.1 Å². The number of hydrogen-bond acceptors (Lipinski definition) is 4. The molecule has 1 N–H and O–H groups in total. The van der Waals surface area contributed by atoms with E-state index < -0.39 is 5.60 Å². The molecular formula is C31H34O4. The Morgan fingerprint density at radius 2 is 1.29 bits per heavy atom. The molecule has 1 atom stereocenters. The summed E-state index contributed by atoms with van der Waals surface area (Å²) in [5.74, 6) is 1.08. The van der Waals surface area contributed by atoms with Crippen LogP contribution in [0.2, 0.25) is 0 Å². The minimum Gasteiger partial charge on any atom is -0.508 e. The monoisotopic (exact) mass is 470 g/mol. The third kappa shape index (κ3) is 8.51. The van der Waals surface area contributed by atoms with Crippen LogP contribution >= 0.6 is 0 Å². The van der Waals surface area contributed by atoms with Gasteiger partial charge in [-0.3, -0.25) is 0 Å². The van der Waals surface area contributed by atoms with Gasteiger partial charge in [-0.1, -0.05) is 72.8 Å². The van der Waals surface area contributed by atoms with Crippen molar-refractivity contribution in [2.75, 3.05) is 6.61 Å². The molecule has 4 heteroatoms. The number of phenolic OH excluding ortho intramolecular Hbond substituents is 1. The van der Waals surface area contributed by atoms with Crippen molar-refractivity contribution in [3.05, 3.63) is 113 Å². The lowest BCUT2D eigenvalue weighted by atomic mass is 9.96. The van der Waals surface area contributed by atoms with Crippen molar-refractivity contribution >= 4 is 18.2 Å². The first-order valence-corrected chi connectivity index (χ1v) is 11.8. The quantitative estimate of drug-likeness (QED) is 0.176. The first kappa shape index (κ1) is 25.9. The number of hydrogen-bond donors (Lipinski definition) is 1. The van der Waals surface area contributed by atoms with Crippen molar-refractivity contribution < 1.29 is 19.3 Å². The molecule has 182 valence electrons. The van der Waals surface area contributed by atoms with Gasteiger partial charge < -0.3 is 19.3 Å². The highest BCUT2D eigenvalue weighted by Gasteiger charge is 2.22. The molecule has 4 nitrogen and oxygen atoms in total. The Labute approximate surface area is 208 Å². The highest BCUT2D eigenvalue weighted by molar-refractivity contribution is 5.58. The summed E-state index contributed by atoms with van der Waals surface area (Å²) in [6.07, 6.45) is 11.3. The summed E-state index contributed by atoms with van der Waals surface area (Å²) in [6.45, 7) is 8.56. The van der Waals surface area contributed by atoms with Crippen molar-refractivity contribution in [3.8, 4) is 11.5 Å². The van der Waals surface area contributed by atoms with Gasteiger partial charge in [-0.2, -0.15) is 0 Å². The van der Waals surface area contributed by atoms with Crippen LogP contribution in [0.4, 0.5) is 0 Å². The van der Waals surface area contributed by atoms with Gasteiger partial charge in [-0.05, 0) is 80.3 Å². The van der Waals surface area contributed by atoms with Gasteiger partial charge in [0.25, 0.3) is 0 Å². The third-order valence-corrected chi connectivity index (χ3v) is 5.37. The lowest BCUT2D eigenvalue weighted by molar-refractivity contribution is -0.0874. The molecule has 0 bridgehead atoms. The van der Waals surface area contributed by atoms with Crippen LogP contribution in [-0.4, -0.2) is 18.0 Å². The summed E-state index contributed by atoms with van der Waals surface area (Å²) in [7, 11) is 0. The summed E-state index contributed by atoms with van der Waals surface area (Å²) in [5.41, 5.74) is 3.77. The minimum absolute atomic E-state index is 0.258. The van der Waals surface area contributed by atoms with Gasteiger partial charge in [0, 0.05) is 6.61 Å². The van der Waals surface area contributed by atoms with Crippen molar-refractivity contribution in [3.63, 3.8) is 0 Å². The van der Waals surface area contributed by atoms with Crippen molar-refractivity contribution in [2.24, 2.45) is 0 Å². The summed E-state index contributed by atoms with van der Waals surface area (Å²) < 4.78 is 17.1. The Balaban J connectivity index is 1.55. The van der Waals surface area contributed by atoms with Gasteiger partial charge in [0.05, 0.1) is 6.26 Å². The molecule has 0 aliphatic heterocycles. The molecule has 3 aromatic rings. The molecule has 0 radical (unpaired) electrons. The first-order chi connectivity index (χ1) is 16.9. The predicted molar refractivity (Wildman–Crippen MR) is 144 cm³/mol. The maximum absolute atomic E-state index is 9.34. The Bertz CT molecular complexity index is 1120. The van der Waals surface area contributed by atoms with Gasteiger partial charge in [0.15, 0.2) is 6.29 Å². The molecule has 1 unspecified atom stereocenters. The van der Waals surface area contributed by atoms with Crippen LogP contribution in [0, 0.1) is 0 Å². The number of rotatable bonds is 11. The molecule has 0 saturated carbocycles. The van der Waals surface area contributed by atoms with E-state index in [4.69, 9.17) is 14.2 Å². The maximum Gasteiger partial charge on any atom is 0.196 e. The normalized spacial score (nSPS) is 13.0. The van der Waals surface area contributed by atoms with Gasteiger partial charge in [-0.15, -0.1) is 0 Å². The van der Waals surface area contributed by atoms with Crippen molar-refractivity contribution in [1.82, 2.24) is 0 Å². The van der Waals surface area contributed by atoms with E-state index in [9.17, 15) is 5.11 Å². The van der Waals surface area contributed by atoms with Crippen LogP contribution in [0.25, 0.3) is 18.2 Å². The molecule has 0 aliphatic rings. The summed E-state index contributed by atoms with van der Waals surface area (Å²) in [5, 5.41) is 9.34. The first-order valence-electron chi connectivity index (χ1n) is 11.8. The predicted octanol–water partition coefficient (Wildman–Crippen LogP) is 7.80. The largest absolute Gasteiger partial charge is 0.508 e. The minimum atomic E-state index is -0.480. The second-order valence-corrected chi connectivity index (χ2v) is 8.57. The number of aromatic hydroxyl groups is 1. The Morgan fingerprint density at radius 3 is 1.86 bits per heavy atom. The summed E-state index contributed by atoms with van der Waals surface area (Å²) in [4.78, 5) is 0. The lowest BCUT2D eigenvalue weighted by Crippen LogP contribution is -2.25. The third-order valence-electron chi connectivity index (χ3n) is 5.37. The second-order valence-electron chi connectivity index (χ2n) is 8.57. The van der Waals surface area contributed by atoms with E-state index in [1.54, 1.807) is 18.4 Å². The molecule has 0 aromatic heterocycles. The lowest BCUT2D eigenvalue weighted by Gasteiger charge is -2.27.